The summed E-state index contributed by atoms with van der Waals surface area (Å²) in [6.07, 6.45) is 3.97. The molecule has 0 bridgehead atoms. The van der Waals surface area contributed by atoms with Crippen molar-refractivity contribution in [3.05, 3.63) is 0 Å². The van der Waals surface area contributed by atoms with Crippen LogP contribution in [0.4, 0.5) is 4.79 Å². The van der Waals surface area contributed by atoms with Crippen molar-refractivity contribution >= 4 is 17.7 Å². The third kappa shape index (κ3) is 4.20. The quantitative estimate of drug-likeness (QED) is 0.700. The van der Waals surface area contributed by atoms with E-state index in [1.54, 1.807) is 0 Å². The van der Waals surface area contributed by atoms with Crippen molar-refractivity contribution in [1.82, 2.24) is 4.90 Å². The number of hydrogen-bond donors (Lipinski definition) is 0. The van der Waals surface area contributed by atoms with Crippen LogP contribution in [0.25, 0.3) is 0 Å². The summed E-state index contributed by atoms with van der Waals surface area (Å²) in [5, 5.41) is 0. The van der Waals surface area contributed by atoms with E-state index in [2.05, 4.69) is 0 Å². The van der Waals surface area contributed by atoms with Gasteiger partial charge in [-0.25, -0.2) is 4.79 Å². The number of hydrogen-bond acceptors (Lipinski definition) is 2. The Kier molecular flexibility index (Phi) is 4.90. The highest BCUT2D eigenvalue weighted by Gasteiger charge is 2.29. The number of carbonyl (C=O) groups is 1. The van der Waals surface area contributed by atoms with Crippen LogP contribution >= 0.6 is 11.6 Å². The zero-order valence-corrected chi connectivity index (χ0v) is 11.2. The Labute approximate surface area is 103 Å². The summed E-state index contributed by atoms with van der Waals surface area (Å²) in [6, 6.07) is 0.265. The molecule has 3 nitrogen and oxygen atoms in total. The molecule has 1 heterocycles. The van der Waals surface area contributed by atoms with Gasteiger partial charge in [0.1, 0.15) is 5.60 Å². The molecule has 0 aromatic rings. The first-order chi connectivity index (χ1) is 7.44. The van der Waals surface area contributed by atoms with Crippen molar-refractivity contribution in [2.45, 2.75) is 58.1 Å². The molecule has 0 spiro atoms. The number of halogens is 1. The molecule has 4 heteroatoms. The van der Waals surface area contributed by atoms with Crippen LogP contribution in [-0.2, 0) is 4.74 Å². The fourth-order valence-corrected chi connectivity index (χ4v) is 2.24. The Morgan fingerprint density at radius 2 is 2.12 bits per heavy atom. The standard InChI is InChI=1S/C12H22ClNO2/c1-12(2,3)16-11(15)14-9-5-4-6-10(14)7-8-13/h10H,4-9H2,1-3H3. The monoisotopic (exact) mass is 247 g/mol. The van der Waals surface area contributed by atoms with Gasteiger partial charge in [-0.2, -0.15) is 0 Å². The van der Waals surface area contributed by atoms with E-state index in [0.717, 1.165) is 25.8 Å². The average Bonchev–Trinajstić information content (AvgIpc) is 2.16. The van der Waals surface area contributed by atoms with Crippen LogP contribution in [0.5, 0.6) is 0 Å². The molecule has 0 saturated carbocycles. The van der Waals surface area contributed by atoms with Gasteiger partial charge in [0, 0.05) is 18.5 Å². The Morgan fingerprint density at radius 3 is 2.69 bits per heavy atom. The molecular formula is C12H22ClNO2. The molecule has 1 atom stereocenters. The lowest BCUT2D eigenvalue weighted by Gasteiger charge is -2.36. The molecule has 0 radical (unpaired) electrons. The van der Waals surface area contributed by atoms with Gasteiger partial charge in [0.05, 0.1) is 0 Å². The smallest absolute Gasteiger partial charge is 0.410 e. The molecular weight excluding hydrogens is 226 g/mol. The molecule has 1 aliphatic rings. The number of rotatable bonds is 2. The van der Waals surface area contributed by atoms with E-state index in [1.165, 1.54) is 6.42 Å². The molecule has 1 unspecified atom stereocenters. The second-order valence-electron chi connectivity index (χ2n) is 5.30. The van der Waals surface area contributed by atoms with Crippen LogP contribution in [0.15, 0.2) is 0 Å². The number of piperidine rings is 1. The Morgan fingerprint density at radius 1 is 1.44 bits per heavy atom. The molecule has 0 aliphatic carbocycles. The highest BCUT2D eigenvalue weighted by atomic mass is 35.5. The minimum absolute atomic E-state index is 0.192. The number of likely N-dealkylation sites (tertiary alicyclic amines) is 1. The summed E-state index contributed by atoms with van der Waals surface area (Å²) in [5.41, 5.74) is -0.417. The van der Waals surface area contributed by atoms with Gasteiger partial charge in [-0.05, 0) is 46.5 Å². The van der Waals surface area contributed by atoms with E-state index < -0.39 is 5.60 Å². The van der Waals surface area contributed by atoms with Crippen LogP contribution < -0.4 is 0 Å². The summed E-state index contributed by atoms with van der Waals surface area (Å²) < 4.78 is 5.40. The van der Waals surface area contributed by atoms with Crippen LogP contribution in [0.2, 0.25) is 0 Å². The third-order valence-electron chi connectivity index (χ3n) is 2.70. The van der Waals surface area contributed by atoms with Crippen molar-refractivity contribution in [2.24, 2.45) is 0 Å². The van der Waals surface area contributed by atoms with E-state index in [9.17, 15) is 4.79 Å². The average molecular weight is 248 g/mol. The van der Waals surface area contributed by atoms with Gasteiger partial charge in [0.25, 0.3) is 0 Å². The normalized spacial score (nSPS) is 22.0. The summed E-state index contributed by atoms with van der Waals surface area (Å²) in [6.45, 7) is 6.48. The summed E-state index contributed by atoms with van der Waals surface area (Å²) >= 11 is 5.76. The fourth-order valence-electron chi connectivity index (χ4n) is 1.99. The molecule has 0 aromatic heterocycles. The lowest BCUT2D eigenvalue weighted by molar-refractivity contribution is 0.00955. The second kappa shape index (κ2) is 5.76. The highest BCUT2D eigenvalue weighted by molar-refractivity contribution is 6.17. The Balaban J connectivity index is 2.57. The van der Waals surface area contributed by atoms with E-state index in [4.69, 9.17) is 16.3 Å². The van der Waals surface area contributed by atoms with Crippen molar-refractivity contribution in [2.75, 3.05) is 12.4 Å². The molecule has 1 aliphatic heterocycles. The van der Waals surface area contributed by atoms with E-state index in [0.29, 0.717) is 5.88 Å². The highest BCUT2D eigenvalue weighted by Crippen LogP contribution is 2.22. The summed E-state index contributed by atoms with van der Waals surface area (Å²) in [5.74, 6) is 0.601. The van der Waals surface area contributed by atoms with Crippen molar-refractivity contribution in [1.29, 1.82) is 0 Å². The molecule has 1 amide bonds. The van der Waals surface area contributed by atoms with Crippen LogP contribution in [0.1, 0.15) is 46.5 Å². The third-order valence-corrected chi connectivity index (χ3v) is 2.92. The summed E-state index contributed by atoms with van der Waals surface area (Å²) in [4.78, 5) is 13.8. The van der Waals surface area contributed by atoms with E-state index in [-0.39, 0.29) is 12.1 Å². The zero-order valence-electron chi connectivity index (χ0n) is 10.5. The van der Waals surface area contributed by atoms with Crippen LogP contribution in [0, 0.1) is 0 Å². The van der Waals surface area contributed by atoms with Gasteiger partial charge in [-0.1, -0.05) is 0 Å². The maximum atomic E-state index is 12.0. The molecule has 94 valence electrons. The SMILES string of the molecule is CC(C)(C)OC(=O)N1CCCCC1CCCl. The molecule has 0 N–H and O–H groups in total. The predicted octanol–water partition coefficient (Wildman–Crippen LogP) is 3.40. The topological polar surface area (TPSA) is 29.5 Å². The minimum atomic E-state index is -0.417. The van der Waals surface area contributed by atoms with Gasteiger partial charge in [0.2, 0.25) is 0 Å². The summed E-state index contributed by atoms with van der Waals surface area (Å²) in [7, 11) is 0. The number of alkyl halides is 1. The van der Waals surface area contributed by atoms with E-state index >= 15 is 0 Å². The zero-order chi connectivity index (χ0) is 12.2. The van der Waals surface area contributed by atoms with Crippen molar-refractivity contribution in [3.63, 3.8) is 0 Å². The van der Waals surface area contributed by atoms with E-state index in [1.807, 2.05) is 25.7 Å². The van der Waals surface area contributed by atoms with Gasteiger partial charge in [-0.3, -0.25) is 0 Å². The molecule has 1 rings (SSSR count). The number of nitrogens with zero attached hydrogens (tertiary/aromatic N) is 1. The first-order valence-electron chi connectivity index (χ1n) is 5.99. The molecule has 1 fully saturated rings. The Hall–Kier alpha value is -0.440. The Bertz CT molecular complexity index is 236. The minimum Gasteiger partial charge on any atom is -0.444 e. The number of ether oxygens (including phenoxy) is 1. The fraction of sp³-hybridized carbons (Fsp3) is 0.917. The predicted molar refractivity (Wildman–Crippen MR) is 65.9 cm³/mol. The first kappa shape index (κ1) is 13.6. The first-order valence-corrected chi connectivity index (χ1v) is 6.53. The van der Waals surface area contributed by atoms with Crippen LogP contribution in [0.3, 0.4) is 0 Å². The van der Waals surface area contributed by atoms with Crippen molar-refractivity contribution < 1.29 is 9.53 Å². The maximum absolute atomic E-state index is 12.0. The van der Waals surface area contributed by atoms with Gasteiger partial charge in [0.15, 0.2) is 0 Å². The van der Waals surface area contributed by atoms with Gasteiger partial charge >= 0.3 is 6.09 Å². The van der Waals surface area contributed by atoms with Gasteiger partial charge in [-0.15, -0.1) is 11.6 Å². The lowest BCUT2D eigenvalue weighted by Crippen LogP contribution is -2.46. The van der Waals surface area contributed by atoms with Crippen LogP contribution in [-0.4, -0.2) is 35.1 Å². The second-order valence-corrected chi connectivity index (χ2v) is 5.68. The molecule has 0 aromatic carbocycles. The molecule has 1 saturated heterocycles. The molecule has 16 heavy (non-hydrogen) atoms. The number of carbonyl (C=O) groups excluding carboxylic acids is 1. The lowest BCUT2D eigenvalue weighted by atomic mass is 10.0. The number of amides is 1. The van der Waals surface area contributed by atoms with Gasteiger partial charge < -0.3 is 9.64 Å². The largest absolute Gasteiger partial charge is 0.444 e. The maximum Gasteiger partial charge on any atom is 0.410 e. The van der Waals surface area contributed by atoms with Crippen molar-refractivity contribution in [3.8, 4) is 0 Å².